The predicted octanol–water partition coefficient (Wildman–Crippen LogP) is 0.343. The quantitative estimate of drug-likeness (QED) is 0.848. The summed E-state index contributed by atoms with van der Waals surface area (Å²) in [5.41, 5.74) is 1.16. The predicted molar refractivity (Wildman–Crippen MR) is 74.4 cm³/mol. The highest BCUT2D eigenvalue weighted by Crippen LogP contribution is 2.21. The van der Waals surface area contributed by atoms with E-state index in [1.54, 1.807) is 0 Å². The molecule has 20 heavy (non-hydrogen) atoms. The molecule has 3 rings (SSSR count). The first-order valence-corrected chi connectivity index (χ1v) is 7.35. The Morgan fingerprint density at radius 2 is 2.45 bits per heavy atom. The molecule has 6 nitrogen and oxygen atoms in total. The van der Waals surface area contributed by atoms with Crippen LogP contribution in [0.1, 0.15) is 24.4 Å². The number of morpholine rings is 1. The van der Waals surface area contributed by atoms with Gasteiger partial charge in [0.05, 0.1) is 25.5 Å². The van der Waals surface area contributed by atoms with Crippen LogP contribution in [0.25, 0.3) is 0 Å². The summed E-state index contributed by atoms with van der Waals surface area (Å²) in [6.07, 6.45) is 6.04. The van der Waals surface area contributed by atoms with Crippen molar-refractivity contribution in [2.45, 2.75) is 31.8 Å². The number of likely N-dealkylation sites (tertiary alicyclic amines) is 1. The Kier molecular flexibility index (Phi) is 4.03. The van der Waals surface area contributed by atoms with Gasteiger partial charge in [0, 0.05) is 25.8 Å². The lowest BCUT2D eigenvalue weighted by Crippen LogP contribution is -2.54. The van der Waals surface area contributed by atoms with Crippen LogP contribution in [0.4, 0.5) is 0 Å². The van der Waals surface area contributed by atoms with Crippen LogP contribution < -0.4 is 5.32 Å². The van der Waals surface area contributed by atoms with E-state index in [0.29, 0.717) is 19.3 Å². The van der Waals surface area contributed by atoms with Crippen molar-refractivity contribution >= 4 is 5.91 Å². The number of aromatic nitrogens is 2. The number of rotatable bonds is 2. The van der Waals surface area contributed by atoms with Crippen molar-refractivity contribution in [3.8, 4) is 0 Å². The van der Waals surface area contributed by atoms with Gasteiger partial charge in [0.1, 0.15) is 6.04 Å². The van der Waals surface area contributed by atoms with E-state index in [-0.39, 0.29) is 11.9 Å². The third-order valence-corrected chi connectivity index (χ3v) is 4.03. The molecule has 3 heterocycles. The van der Waals surface area contributed by atoms with E-state index < -0.39 is 0 Å². The molecule has 110 valence electrons. The van der Waals surface area contributed by atoms with Crippen molar-refractivity contribution in [2.24, 2.45) is 0 Å². The number of hydrogen-bond acceptors (Lipinski definition) is 4. The summed E-state index contributed by atoms with van der Waals surface area (Å²) in [4.78, 5) is 14.4. The molecule has 1 aromatic heterocycles. The number of nitrogens with one attached hydrogen (secondary N) is 1. The summed E-state index contributed by atoms with van der Waals surface area (Å²) in [7, 11) is 0. The zero-order valence-electron chi connectivity index (χ0n) is 11.9. The van der Waals surface area contributed by atoms with Gasteiger partial charge in [-0.15, -0.1) is 0 Å². The van der Waals surface area contributed by atoms with E-state index in [2.05, 4.69) is 16.6 Å². The fraction of sp³-hybridized carbons (Fsp3) is 0.714. The highest BCUT2D eigenvalue weighted by Gasteiger charge is 2.30. The maximum Gasteiger partial charge on any atom is 0.242 e. The molecule has 1 N–H and O–H groups in total. The Bertz CT molecular complexity index is 467. The summed E-state index contributed by atoms with van der Waals surface area (Å²) in [5.74, 6) is 0.165. The number of carbonyl (C=O) groups excluding carboxylic acids is 1. The number of ether oxygens (including phenoxy) is 1. The molecule has 2 unspecified atom stereocenters. The minimum absolute atomic E-state index is 0.165. The Labute approximate surface area is 119 Å². The molecule has 1 amide bonds. The number of amides is 1. The van der Waals surface area contributed by atoms with Gasteiger partial charge >= 0.3 is 0 Å². The summed E-state index contributed by atoms with van der Waals surface area (Å²) >= 11 is 0. The minimum Gasteiger partial charge on any atom is -0.378 e. The van der Waals surface area contributed by atoms with Crippen molar-refractivity contribution in [2.75, 3.05) is 32.8 Å². The van der Waals surface area contributed by atoms with Gasteiger partial charge in [-0.05, 0) is 25.3 Å². The first-order chi connectivity index (χ1) is 9.74. The van der Waals surface area contributed by atoms with Gasteiger partial charge in [0.25, 0.3) is 0 Å². The van der Waals surface area contributed by atoms with E-state index in [4.69, 9.17) is 4.74 Å². The van der Waals surface area contributed by atoms with Crippen LogP contribution in [0, 0.1) is 6.92 Å². The lowest BCUT2D eigenvalue weighted by molar-refractivity contribution is -0.138. The zero-order valence-corrected chi connectivity index (χ0v) is 11.9. The monoisotopic (exact) mass is 278 g/mol. The molecule has 0 radical (unpaired) electrons. The maximum absolute atomic E-state index is 12.5. The fourth-order valence-electron chi connectivity index (χ4n) is 2.95. The molecule has 2 atom stereocenters. The van der Waals surface area contributed by atoms with Crippen molar-refractivity contribution in [3.05, 3.63) is 18.0 Å². The SMILES string of the molecule is Cc1cnn(C2CCCN(C(=O)C3COCCN3)C2)c1. The zero-order chi connectivity index (χ0) is 13.9. The van der Waals surface area contributed by atoms with Gasteiger partial charge in [-0.3, -0.25) is 9.48 Å². The summed E-state index contributed by atoms with van der Waals surface area (Å²) in [6, 6.07) is 0.118. The molecule has 0 aromatic carbocycles. The van der Waals surface area contributed by atoms with Gasteiger partial charge < -0.3 is 15.0 Å². The number of aryl methyl sites for hydroxylation is 1. The molecule has 0 saturated carbocycles. The normalized spacial score (nSPS) is 27.6. The third kappa shape index (κ3) is 2.86. The van der Waals surface area contributed by atoms with Gasteiger partial charge in [-0.1, -0.05) is 0 Å². The topological polar surface area (TPSA) is 59.4 Å². The second-order valence-corrected chi connectivity index (χ2v) is 5.66. The van der Waals surface area contributed by atoms with E-state index in [1.807, 2.05) is 22.7 Å². The minimum atomic E-state index is -0.179. The van der Waals surface area contributed by atoms with E-state index >= 15 is 0 Å². The Morgan fingerprint density at radius 1 is 1.55 bits per heavy atom. The second-order valence-electron chi connectivity index (χ2n) is 5.66. The van der Waals surface area contributed by atoms with Gasteiger partial charge in [0.15, 0.2) is 0 Å². The molecule has 2 aliphatic rings. The van der Waals surface area contributed by atoms with Crippen LogP contribution >= 0.6 is 0 Å². The van der Waals surface area contributed by atoms with Crippen LogP contribution in [-0.4, -0.2) is 59.5 Å². The summed E-state index contributed by atoms with van der Waals surface area (Å²) < 4.78 is 7.38. The number of nitrogens with zero attached hydrogens (tertiary/aromatic N) is 3. The molecule has 2 aliphatic heterocycles. The van der Waals surface area contributed by atoms with Crippen molar-refractivity contribution in [1.82, 2.24) is 20.0 Å². The number of piperidine rings is 1. The standard InChI is InChI=1S/C14H22N4O2/c1-11-7-16-18(8-11)12-3-2-5-17(9-12)14(19)13-10-20-6-4-15-13/h7-8,12-13,15H,2-6,9-10H2,1H3. The number of carbonyl (C=O) groups is 1. The van der Waals surface area contributed by atoms with E-state index in [1.165, 1.54) is 0 Å². The second kappa shape index (κ2) is 5.93. The first kappa shape index (κ1) is 13.6. The molecular weight excluding hydrogens is 256 g/mol. The maximum atomic E-state index is 12.5. The summed E-state index contributed by atoms with van der Waals surface area (Å²) in [5, 5.41) is 7.62. The largest absolute Gasteiger partial charge is 0.378 e. The smallest absolute Gasteiger partial charge is 0.242 e. The fourth-order valence-corrected chi connectivity index (χ4v) is 2.95. The van der Waals surface area contributed by atoms with Crippen LogP contribution in [0.2, 0.25) is 0 Å². The van der Waals surface area contributed by atoms with Crippen LogP contribution in [-0.2, 0) is 9.53 Å². The molecule has 0 aliphatic carbocycles. The first-order valence-electron chi connectivity index (χ1n) is 7.35. The molecule has 6 heteroatoms. The molecule has 2 saturated heterocycles. The van der Waals surface area contributed by atoms with E-state index in [9.17, 15) is 4.79 Å². The van der Waals surface area contributed by atoms with Gasteiger partial charge in [-0.25, -0.2) is 0 Å². The molecule has 0 bridgehead atoms. The van der Waals surface area contributed by atoms with Crippen LogP contribution in [0.15, 0.2) is 12.4 Å². The third-order valence-electron chi connectivity index (χ3n) is 4.03. The Morgan fingerprint density at radius 3 is 3.15 bits per heavy atom. The molecule has 1 aromatic rings. The Hall–Kier alpha value is -1.40. The van der Waals surface area contributed by atoms with Crippen molar-refractivity contribution in [3.63, 3.8) is 0 Å². The molecule has 2 fully saturated rings. The lowest BCUT2D eigenvalue weighted by atomic mass is 10.0. The van der Waals surface area contributed by atoms with E-state index in [0.717, 1.165) is 38.0 Å². The number of hydrogen-bond donors (Lipinski definition) is 1. The average molecular weight is 278 g/mol. The highest BCUT2D eigenvalue weighted by atomic mass is 16.5. The highest BCUT2D eigenvalue weighted by molar-refractivity contribution is 5.82. The molecule has 0 spiro atoms. The lowest BCUT2D eigenvalue weighted by Gasteiger charge is -2.36. The summed E-state index contributed by atoms with van der Waals surface area (Å²) in [6.45, 7) is 5.57. The van der Waals surface area contributed by atoms with Crippen molar-refractivity contribution in [1.29, 1.82) is 0 Å². The molecular formula is C14H22N4O2. The Balaban J connectivity index is 1.63. The van der Waals surface area contributed by atoms with Gasteiger partial charge in [-0.2, -0.15) is 5.10 Å². The van der Waals surface area contributed by atoms with Crippen molar-refractivity contribution < 1.29 is 9.53 Å². The van der Waals surface area contributed by atoms with Crippen LogP contribution in [0.5, 0.6) is 0 Å². The average Bonchev–Trinajstić information content (AvgIpc) is 2.94. The van der Waals surface area contributed by atoms with Crippen LogP contribution in [0.3, 0.4) is 0 Å². The van der Waals surface area contributed by atoms with Gasteiger partial charge in [0.2, 0.25) is 5.91 Å².